The number of aliphatic hydroxyl groups is 1. The van der Waals surface area contributed by atoms with Gasteiger partial charge in [-0.1, -0.05) is 18.2 Å². The number of nitrogens with one attached hydrogen (secondary N) is 1. The standard InChI is InChI=1S/C21H23ClFN5O4/c1-10(11-6-4-5-7-13(11)23)24-17-12-8-28(27-18(12)26-20(22)25-17)19-16-15(14(9-29)30-19)31-21(2,3)32-16/h4-8,10,14-16,19,29H,9H2,1-3H3,(H,24,25,26,27)/t10?,14-,15-,16-,19-/m1/s1. The maximum absolute atomic E-state index is 14.2. The van der Waals surface area contributed by atoms with E-state index in [4.69, 9.17) is 25.8 Å². The summed E-state index contributed by atoms with van der Waals surface area (Å²) in [5, 5.41) is 18.0. The molecule has 1 unspecified atom stereocenters. The fourth-order valence-corrected chi connectivity index (χ4v) is 4.43. The summed E-state index contributed by atoms with van der Waals surface area (Å²) in [6.07, 6.45) is -0.358. The lowest BCUT2D eigenvalue weighted by atomic mass is 10.1. The van der Waals surface area contributed by atoms with Gasteiger partial charge in [0.1, 0.15) is 29.9 Å². The van der Waals surface area contributed by atoms with Gasteiger partial charge in [-0.25, -0.2) is 9.07 Å². The van der Waals surface area contributed by atoms with Gasteiger partial charge in [0.25, 0.3) is 0 Å². The third kappa shape index (κ3) is 3.71. The summed E-state index contributed by atoms with van der Waals surface area (Å²) in [6.45, 7) is 5.24. The average Bonchev–Trinajstić information content (AvgIpc) is 3.38. The Morgan fingerprint density at radius 3 is 2.75 bits per heavy atom. The normalized spacial score (nSPS) is 27.6. The van der Waals surface area contributed by atoms with Crippen LogP contribution in [0, 0.1) is 5.82 Å². The molecule has 3 aromatic rings. The molecule has 2 aliphatic heterocycles. The molecule has 4 heterocycles. The fraction of sp³-hybridized carbons (Fsp3) is 0.476. The molecule has 9 nitrogen and oxygen atoms in total. The molecule has 0 spiro atoms. The zero-order valence-electron chi connectivity index (χ0n) is 17.7. The van der Waals surface area contributed by atoms with Crippen LogP contribution in [0.15, 0.2) is 30.5 Å². The van der Waals surface area contributed by atoms with Crippen molar-refractivity contribution in [3.8, 4) is 0 Å². The van der Waals surface area contributed by atoms with Crippen LogP contribution in [0.3, 0.4) is 0 Å². The second-order valence-electron chi connectivity index (χ2n) is 8.39. The Morgan fingerprint density at radius 1 is 1.25 bits per heavy atom. The smallest absolute Gasteiger partial charge is 0.226 e. The Bertz CT molecular complexity index is 1160. The molecule has 2 aromatic heterocycles. The molecule has 2 fully saturated rings. The summed E-state index contributed by atoms with van der Waals surface area (Å²) in [4.78, 5) is 8.50. The van der Waals surface area contributed by atoms with Gasteiger partial charge < -0.3 is 24.6 Å². The number of aromatic nitrogens is 4. The molecular weight excluding hydrogens is 441 g/mol. The van der Waals surface area contributed by atoms with E-state index in [9.17, 15) is 9.50 Å². The van der Waals surface area contributed by atoms with Crippen LogP contribution in [-0.4, -0.2) is 55.6 Å². The Balaban J connectivity index is 1.49. The van der Waals surface area contributed by atoms with Crippen molar-refractivity contribution in [1.29, 1.82) is 0 Å². The van der Waals surface area contributed by atoms with Crippen molar-refractivity contribution >= 4 is 28.5 Å². The highest BCUT2D eigenvalue weighted by molar-refractivity contribution is 6.28. The Morgan fingerprint density at radius 2 is 2.00 bits per heavy atom. The minimum absolute atomic E-state index is 0.00557. The summed E-state index contributed by atoms with van der Waals surface area (Å²) in [7, 11) is 0. The van der Waals surface area contributed by atoms with Crippen LogP contribution in [0.25, 0.3) is 11.0 Å². The maximum atomic E-state index is 14.2. The van der Waals surface area contributed by atoms with Crippen molar-refractivity contribution in [3.05, 3.63) is 47.1 Å². The minimum Gasteiger partial charge on any atom is -0.394 e. The molecule has 0 saturated carbocycles. The number of aliphatic hydroxyl groups excluding tert-OH is 1. The van der Waals surface area contributed by atoms with E-state index in [-0.39, 0.29) is 23.7 Å². The number of halogens is 2. The molecule has 0 radical (unpaired) electrons. The zero-order valence-corrected chi connectivity index (χ0v) is 18.5. The SMILES string of the molecule is CC(Nc1nc(Cl)nc2nn([C@@H]3O[C@H](CO)[C@H]4OC(C)(C)O[C@H]43)cc12)c1ccccc1F. The van der Waals surface area contributed by atoms with Gasteiger partial charge in [-0.3, -0.25) is 0 Å². The molecule has 2 aliphatic rings. The first kappa shape index (κ1) is 21.5. The van der Waals surface area contributed by atoms with E-state index in [1.54, 1.807) is 29.1 Å². The summed E-state index contributed by atoms with van der Waals surface area (Å²) >= 11 is 6.13. The number of benzene rings is 1. The van der Waals surface area contributed by atoms with Crippen LogP contribution in [0.4, 0.5) is 10.2 Å². The van der Waals surface area contributed by atoms with E-state index in [2.05, 4.69) is 20.4 Å². The van der Waals surface area contributed by atoms with Crippen molar-refractivity contribution in [2.24, 2.45) is 0 Å². The number of hydrogen-bond donors (Lipinski definition) is 2. The molecule has 0 bridgehead atoms. The predicted octanol–water partition coefficient (Wildman–Crippen LogP) is 3.20. The topological polar surface area (TPSA) is 104 Å². The van der Waals surface area contributed by atoms with Crippen LogP contribution in [-0.2, 0) is 14.2 Å². The third-order valence-corrected chi connectivity index (χ3v) is 5.83. The summed E-state index contributed by atoms with van der Waals surface area (Å²) in [6, 6.07) is 6.14. The zero-order chi connectivity index (χ0) is 22.6. The molecule has 11 heteroatoms. The highest BCUT2D eigenvalue weighted by Crippen LogP contribution is 2.43. The molecule has 32 heavy (non-hydrogen) atoms. The summed E-state index contributed by atoms with van der Waals surface area (Å²) in [5.41, 5.74) is 0.841. The fourth-order valence-electron chi connectivity index (χ4n) is 4.27. The van der Waals surface area contributed by atoms with Crippen LogP contribution < -0.4 is 5.32 Å². The van der Waals surface area contributed by atoms with Crippen LogP contribution in [0.5, 0.6) is 0 Å². The number of ether oxygens (including phenoxy) is 3. The number of hydrogen-bond acceptors (Lipinski definition) is 8. The lowest BCUT2D eigenvalue weighted by Crippen LogP contribution is -2.31. The van der Waals surface area contributed by atoms with Crippen LogP contribution in [0.2, 0.25) is 5.28 Å². The number of fused-ring (bicyclic) bond motifs is 2. The molecule has 2 saturated heterocycles. The van der Waals surface area contributed by atoms with Gasteiger partial charge in [-0.05, 0) is 38.4 Å². The average molecular weight is 464 g/mol. The number of nitrogens with zero attached hydrogens (tertiary/aromatic N) is 4. The Labute approximate surface area is 188 Å². The van der Waals surface area contributed by atoms with E-state index < -0.39 is 30.3 Å². The highest BCUT2D eigenvalue weighted by atomic mass is 35.5. The molecule has 0 aliphatic carbocycles. The van der Waals surface area contributed by atoms with Crippen molar-refractivity contribution in [1.82, 2.24) is 19.7 Å². The molecule has 5 rings (SSSR count). The van der Waals surface area contributed by atoms with Gasteiger partial charge in [0, 0.05) is 11.8 Å². The minimum atomic E-state index is -0.803. The van der Waals surface area contributed by atoms with E-state index in [0.29, 0.717) is 22.4 Å². The van der Waals surface area contributed by atoms with Gasteiger partial charge >= 0.3 is 0 Å². The first-order valence-corrected chi connectivity index (χ1v) is 10.7. The second-order valence-corrected chi connectivity index (χ2v) is 8.73. The van der Waals surface area contributed by atoms with Crippen molar-refractivity contribution in [2.75, 3.05) is 11.9 Å². The third-order valence-electron chi connectivity index (χ3n) is 5.66. The molecule has 170 valence electrons. The predicted molar refractivity (Wildman–Crippen MR) is 114 cm³/mol. The van der Waals surface area contributed by atoms with E-state index in [0.717, 1.165) is 0 Å². The quantitative estimate of drug-likeness (QED) is 0.556. The molecule has 5 atom stereocenters. The van der Waals surface area contributed by atoms with E-state index >= 15 is 0 Å². The lowest BCUT2D eigenvalue weighted by molar-refractivity contribution is -0.201. The first-order valence-electron chi connectivity index (χ1n) is 10.3. The summed E-state index contributed by atoms with van der Waals surface area (Å²) in [5.74, 6) is -0.706. The number of rotatable bonds is 5. The van der Waals surface area contributed by atoms with Gasteiger partial charge in [0.05, 0.1) is 18.0 Å². The van der Waals surface area contributed by atoms with E-state index in [1.165, 1.54) is 6.07 Å². The molecular formula is C21H23ClFN5O4. The largest absolute Gasteiger partial charge is 0.394 e. The highest BCUT2D eigenvalue weighted by Gasteiger charge is 2.56. The van der Waals surface area contributed by atoms with E-state index in [1.807, 2.05) is 20.8 Å². The Kier molecular flexibility index (Phi) is 5.30. The first-order chi connectivity index (χ1) is 15.3. The van der Waals surface area contributed by atoms with Crippen molar-refractivity contribution in [3.63, 3.8) is 0 Å². The van der Waals surface area contributed by atoms with Gasteiger partial charge in [-0.15, -0.1) is 5.10 Å². The monoisotopic (exact) mass is 463 g/mol. The molecule has 2 N–H and O–H groups in total. The Hall–Kier alpha value is -2.37. The molecule has 0 amide bonds. The summed E-state index contributed by atoms with van der Waals surface area (Å²) < 4.78 is 33.7. The van der Waals surface area contributed by atoms with Crippen LogP contribution in [0.1, 0.15) is 38.6 Å². The van der Waals surface area contributed by atoms with Gasteiger partial charge in [0.2, 0.25) is 5.28 Å². The number of anilines is 1. The van der Waals surface area contributed by atoms with Crippen LogP contribution >= 0.6 is 11.6 Å². The van der Waals surface area contributed by atoms with Crippen molar-refractivity contribution in [2.45, 2.75) is 57.1 Å². The lowest BCUT2D eigenvalue weighted by Gasteiger charge is -2.23. The second kappa shape index (κ2) is 7.89. The van der Waals surface area contributed by atoms with Crippen molar-refractivity contribution < 1.29 is 23.7 Å². The van der Waals surface area contributed by atoms with Gasteiger partial charge in [0.15, 0.2) is 17.7 Å². The molecule has 1 aromatic carbocycles. The van der Waals surface area contributed by atoms with Gasteiger partial charge in [-0.2, -0.15) is 9.97 Å². The maximum Gasteiger partial charge on any atom is 0.226 e.